The van der Waals surface area contributed by atoms with Crippen molar-refractivity contribution in [3.05, 3.63) is 65.2 Å². The molecule has 0 saturated carbocycles. The molecule has 1 saturated heterocycles. The predicted octanol–water partition coefficient (Wildman–Crippen LogP) is 3.55. The number of nitrogens with two attached hydrogens (primary N) is 1. The SMILES string of the molecule is Nc1ccc(C2CN3CCCC3c3ccccc32)cc1. The Bertz CT molecular complexity index is 618. The van der Waals surface area contributed by atoms with Gasteiger partial charge in [-0.25, -0.2) is 0 Å². The van der Waals surface area contributed by atoms with Gasteiger partial charge in [0.1, 0.15) is 0 Å². The van der Waals surface area contributed by atoms with Crippen molar-refractivity contribution in [2.24, 2.45) is 0 Å². The Kier molecular flexibility index (Phi) is 2.78. The number of hydrogen-bond acceptors (Lipinski definition) is 2. The number of hydrogen-bond donors (Lipinski definition) is 1. The summed E-state index contributed by atoms with van der Waals surface area (Å²) >= 11 is 0. The van der Waals surface area contributed by atoms with Gasteiger partial charge in [-0.05, 0) is 48.2 Å². The van der Waals surface area contributed by atoms with E-state index < -0.39 is 0 Å². The van der Waals surface area contributed by atoms with Crippen LogP contribution in [-0.2, 0) is 0 Å². The first-order valence-corrected chi connectivity index (χ1v) is 7.51. The van der Waals surface area contributed by atoms with E-state index in [2.05, 4.69) is 41.3 Å². The molecule has 2 atom stereocenters. The minimum atomic E-state index is 0.487. The summed E-state index contributed by atoms with van der Waals surface area (Å²) < 4.78 is 0. The van der Waals surface area contributed by atoms with Crippen LogP contribution in [0.5, 0.6) is 0 Å². The van der Waals surface area contributed by atoms with Gasteiger partial charge in [-0.1, -0.05) is 36.4 Å². The van der Waals surface area contributed by atoms with Crippen molar-refractivity contribution < 1.29 is 0 Å². The number of fused-ring (bicyclic) bond motifs is 3. The second-order valence-corrected chi connectivity index (χ2v) is 6.00. The van der Waals surface area contributed by atoms with Crippen molar-refractivity contribution in [2.75, 3.05) is 18.8 Å². The lowest BCUT2D eigenvalue weighted by molar-refractivity contribution is 0.230. The highest BCUT2D eigenvalue weighted by molar-refractivity contribution is 5.46. The van der Waals surface area contributed by atoms with Crippen LogP contribution in [0, 0.1) is 0 Å². The molecule has 20 heavy (non-hydrogen) atoms. The van der Waals surface area contributed by atoms with Crippen LogP contribution in [-0.4, -0.2) is 18.0 Å². The number of nitrogens with zero attached hydrogens (tertiary/aromatic N) is 1. The highest BCUT2D eigenvalue weighted by Gasteiger charge is 2.35. The van der Waals surface area contributed by atoms with E-state index in [1.165, 1.54) is 36.1 Å². The smallest absolute Gasteiger partial charge is 0.0351 e. The second-order valence-electron chi connectivity index (χ2n) is 6.00. The first-order chi connectivity index (χ1) is 9.83. The molecule has 4 rings (SSSR count). The minimum Gasteiger partial charge on any atom is -0.399 e. The van der Waals surface area contributed by atoms with Gasteiger partial charge in [-0.15, -0.1) is 0 Å². The molecule has 2 aromatic carbocycles. The van der Waals surface area contributed by atoms with Crippen molar-refractivity contribution >= 4 is 5.69 Å². The van der Waals surface area contributed by atoms with Gasteiger partial charge in [0.2, 0.25) is 0 Å². The van der Waals surface area contributed by atoms with Gasteiger partial charge in [0.25, 0.3) is 0 Å². The molecule has 2 aromatic rings. The highest BCUT2D eigenvalue weighted by atomic mass is 15.2. The Morgan fingerprint density at radius 2 is 1.70 bits per heavy atom. The lowest BCUT2D eigenvalue weighted by atomic mass is 9.81. The maximum atomic E-state index is 5.83. The van der Waals surface area contributed by atoms with Crippen LogP contribution >= 0.6 is 0 Å². The van der Waals surface area contributed by atoms with E-state index in [0.717, 1.165) is 12.2 Å². The van der Waals surface area contributed by atoms with Gasteiger partial charge < -0.3 is 5.73 Å². The summed E-state index contributed by atoms with van der Waals surface area (Å²) in [5.41, 5.74) is 11.1. The molecule has 0 aliphatic carbocycles. The molecule has 0 bridgehead atoms. The van der Waals surface area contributed by atoms with Gasteiger partial charge in [0, 0.05) is 24.2 Å². The van der Waals surface area contributed by atoms with Crippen molar-refractivity contribution in [1.82, 2.24) is 4.90 Å². The molecule has 2 heteroatoms. The molecule has 0 spiro atoms. The van der Waals surface area contributed by atoms with E-state index in [-0.39, 0.29) is 0 Å². The average Bonchev–Trinajstić information content (AvgIpc) is 2.96. The summed E-state index contributed by atoms with van der Waals surface area (Å²) in [5, 5.41) is 0. The molecular formula is C18H20N2. The molecule has 2 aliphatic heterocycles. The van der Waals surface area contributed by atoms with E-state index in [4.69, 9.17) is 5.73 Å². The fourth-order valence-electron chi connectivity index (χ4n) is 3.87. The Balaban J connectivity index is 1.80. The monoisotopic (exact) mass is 264 g/mol. The molecule has 0 amide bonds. The third kappa shape index (κ3) is 1.83. The highest BCUT2D eigenvalue weighted by Crippen LogP contribution is 2.43. The number of rotatable bonds is 1. The maximum absolute atomic E-state index is 5.83. The zero-order valence-electron chi connectivity index (χ0n) is 11.6. The number of benzene rings is 2. The van der Waals surface area contributed by atoms with Crippen LogP contribution in [0.4, 0.5) is 5.69 Å². The predicted molar refractivity (Wildman–Crippen MR) is 82.7 cm³/mol. The average molecular weight is 264 g/mol. The lowest BCUT2D eigenvalue weighted by Crippen LogP contribution is -2.34. The second kappa shape index (κ2) is 4.64. The quantitative estimate of drug-likeness (QED) is 0.798. The van der Waals surface area contributed by atoms with E-state index in [1.807, 2.05) is 12.1 Å². The summed E-state index contributed by atoms with van der Waals surface area (Å²) in [6.07, 6.45) is 2.64. The van der Waals surface area contributed by atoms with Gasteiger partial charge in [-0.3, -0.25) is 4.90 Å². The standard InChI is InChI=1S/C18H20N2/c19-14-9-7-13(8-10-14)17-12-20-11-3-6-18(20)16-5-2-1-4-15(16)17/h1-2,4-5,7-10,17-18H,3,6,11-12,19H2. The minimum absolute atomic E-state index is 0.487. The first kappa shape index (κ1) is 12.0. The van der Waals surface area contributed by atoms with E-state index in [0.29, 0.717) is 12.0 Å². The van der Waals surface area contributed by atoms with Crippen LogP contribution in [0.1, 0.15) is 41.5 Å². The summed E-state index contributed by atoms with van der Waals surface area (Å²) in [6, 6.07) is 18.1. The largest absolute Gasteiger partial charge is 0.399 e. The van der Waals surface area contributed by atoms with Crippen molar-refractivity contribution in [3.8, 4) is 0 Å². The summed E-state index contributed by atoms with van der Waals surface area (Å²) in [7, 11) is 0. The van der Waals surface area contributed by atoms with Crippen molar-refractivity contribution in [1.29, 1.82) is 0 Å². The summed E-state index contributed by atoms with van der Waals surface area (Å²) in [6.45, 7) is 2.38. The van der Waals surface area contributed by atoms with Crippen molar-refractivity contribution in [2.45, 2.75) is 24.8 Å². The Labute approximate surface area is 120 Å². The molecule has 0 radical (unpaired) electrons. The number of nitrogen functional groups attached to an aromatic ring is 1. The maximum Gasteiger partial charge on any atom is 0.0351 e. The fourth-order valence-corrected chi connectivity index (χ4v) is 3.87. The third-order valence-electron chi connectivity index (χ3n) is 4.85. The molecule has 2 heterocycles. The van der Waals surface area contributed by atoms with Crippen molar-refractivity contribution in [3.63, 3.8) is 0 Å². The van der Waals surface area contributed by atoms with E-state index >= 15 is 0 Å². The topological polar surface area (TPSA) is 29.3 Å². The van der Waals surface area contributed by atoms with Crippen LogP contribution in [0.3, 0.4) is 0 Å². The third-order valence-corrected chi connectivity index (χ3v) is 4.85. The van der Waals surface area contributed by atoms with E-state index in [9.17, 15) is 0 Å². The van der Waals surface area contributed by atoms with Crippen LogP contribution < -0.4 is 5.73 Å². The molecule has 2 N–H and O–H groups in total. The molecule has 0 aromatic heterocycles. The normalized spacial score (nSPS) is 25.2. The Morgan fingerprint density at radius 1 is 0.950 bits per heavy atom. The molecule has 102 valence electrons. The van der Waals surface area contributed by atoms with Gasteiger partial charge >= 0.3 is 0 Å². The van der Waals surface area contributed by atoms with E-state index in [1.54, 1.807) is 0 Å². The molecule has 2 aliphatic rings. The molecule has 1 fully saturated rings. The molecule has 2 unspecified atom stereocenters. The summed E-state index contributed by atoms with van der Waals surface area (Å²) in [5.74, 6) is 0.487. The first-order valence-electron chi connectivity index (χ1n) is 7.51. The van der Waals surface area contributed by atoms with Crippen LogP contribution in [0.15, 0.2) is 48.5 Å². The van der Waals surface area contributed by atoms with Gasteiger partial charge in [-0.2, -0.15) is 0 Å². The molecule has 2 nitrogen and oxygen atoms in total. The zero-order chi connectivity index (χ0) is 13.5. The van der Waals surface area contributed by atoms with Gasteiger partial charge in [0.05, 0.1) is 0 Å². The van der Waals surface area contributed by atoms with Gasteiger partial charge in [0.15, 0.2) is 0 Å². The number of anilines is 1. The summed E-state index contributed by atoms with van der Waals surface area (Å²) in [4.78, 5) is 2.66. The van der Waals surface area contributed by atoms with Crippen LogP contribution in [0.2, 0.25) is 0 Å². The fraction of sp³-hybridized carbons (Fsp3) is 0.333. The Morgan fingerprint density at radius 3 is 2.50 bits per heavy atom. The Hall–Kier alpha value is -1.80. The molecular weight excluding hydrogens is 244 g/mol. The lowest BCUT2D eigenvalue weighted by Gasteiger charge is -2.37. The van der Waals surface area contributed by atoms with Crippen LogP contribution in [0.25, 0.3) is 0 Å². The zero-order valence-corrected chi connectivity index (χ0v) is 11.6.